The molecule has 0 amide bonds. The molecule has 1 aliphatic rings. The minimum Gasteiger partial charge on any atom is -0.393 e. The molecule has 0 radical (unpaired) electrons. The lowest BCUT2D eigenvalue weighted by Gasteiger charge is -2.35. The maximum absolute atomic E-state index is 12.8. The third-order valence-electron chi connectivity index (χ3n) is 3.33. The van der Waals surface area contributed by atoms with Crippen LogP contribution in [0.25, 0.3) is 0 Å². The Hall–Kier alpha value is -1.07. The normalized spacial score (nSPS) is 25.6. The molecule has 1 fully saturated rings. The zero-order valence-corrected chi connectivity index (χ0v) is 10.0. The quantitative estimate of drug-likeness (QED) is 0.874. The molecule has 1 aromatic carbocycles. The fourth-order valence-electron chi connectivity index (χ4n) is 2.30. The van der Waals surface area contributed by atoms with E-state index in [4.69, 9.17) is 5.11 Å². The van der Waals surface area contributed by atoms with Crippen LogP contribution < -0.4 is 5.32 Å². The first-order valence-electron chi connectivity index (χ1n) is 5.98. The Labute approximate surface area is 104 Å². The van der Waals surface area contributed by atoms with Crippen molar-refractivity contribution in [1.29, 1.82) is 0 Å². The summed E-state index contributed by atoms with van der Waals surface area (Å²) in [5.41, 5.74) is -0.337. The van der Waals surface area contributed by atoms with E-state index in [-0.39, 0.29) is 23.8 Å². The lowest BCUT2D eigenvalue weighted by Crippen LogP contribution is -2.45. The van der Waals surface area contributed by atoms with Crippen molar-refractivity contribution in [2.24, 2.45) is 0 Å². The maximum atomic E-state index is 12.8. The van der Waals surface area contributed by atoms with Gasteiger partial charge in [-0.2, -0.15) is 13.2 Å². The van der Waals surface area contributed by atoms with Gasteiger partial charge in [0.05, 0.1) is 11.7 Å². The van der Waals surface area contributed by atoms with Crippen LogP contribution in [-0.2, 0) is 6.18 Å². The molecule has 0 bridgehead atoms. The molecular weight excluding hydrogens is 243 g/mol. The van der Waals surface area contributed by atoms with E-state index in [1.165, 1.54) is 12.1 Å². The zero-order valence-electron chi connectivity index (χ0n) is 10.0. The fourth-order valence-corrected chi connectivity index (χ4v) is 2.30. The number of halogens is 3. The molecule has 1 aromatic rings. The van der Waals surface area contributed by atoms with Gasteiger partial charge < -0.3 is 10.4 Å². The van der Waals surface area contributed by atoms with E-state index >= 15 is 0 Å². The molecule has 1 unspecified atom stereocenters. The molecule has 18 heavy (non-hydrogen) atoms. The first kappa shape index (κ1) is 13.4. The zero-order chi connectivity index (χ0) is 13.3. The number of hydrogen-bond acceptors (Lipinski definition) is 2. The molecule has 2 rings (SSSR count). The van der Waals surface area contributed by atoms with Crippen molar-refractivity contribution < 1.29 is 18.3 Å². The van der Waals surface area contributed by atoms with Gasteiger partial charge in [0.15, 0.2) is 0 Å². The van der Waals surface area contributed by atoms with Gasteiger partial charge in [0, 0.05) is 12.1 Å². The van der Waals surface area contributed by atoms with Crippen molar-refractivity contribution in [2.75, 3.05) is 0 Å². The average Bonchev–Trinajstić information content (AvgIpc) is 2.26. The summed E-state index contributed by atoms with van der Waals surface area (Å²) in [5, 5.41) is 12.3. The highest BCUT2D eigenvalue weighted by molar-refractivity contribution is 5.32. The van der Waals surface area contributed by atoms with E-state index in [2.05, 4.69) is 5.32 Å². The molecule has 5 heteroatoms. The van der Waals surface area contributed by atoms with Gasteiger partial charge in [-0.25, -0.2) is 0 Å². The molecule has 0 aliphatic heterocycles. The lowest BCUT2D eigenvalue weighted by molar-refractivity contribution is -0.138. The topological polar surface area (TPSA) is 32.3 Å². The van der Waals surface area contributed by atoms with Crippen LogP contribution in [0.5, 0.6) is 0 Å². The van der Waals surface area contributed by atoms with Crippen LogP contribution in [0.1, 0.15) is 36.9 Å². The standard InChI is InChI=1S/C13H16F3NO/c1-8(17-9-6-10(18)7-9)11-4-2-3-5-12(11)13(14,15)16/h2-5,8-10,17-18H,6-7H2,1H3. The van der Waals surface area contributed by atoms with Crippen LogP contribution in [-0.4, -0.2) is 17.3 Å². The van der Waals surface area contributed by atoms with Crippen molar-refractivity contribution >= 4 is 0 Å². The van der Waals surface area contributed by atoms with Crippen LogP contribution in [0.3, 0.4) is 0 Å². The average molecular weight is 259 g/mol. The van der Waals surface area contributed by atoms with Gasteiger partial charge in [-0.05, 0) is 31.4 Å². The largest absolute Gasteiger partial charge is 0.416 e. The molecule has 0 heterocycles. The molecule has 1 saturated carbocycles. The molecule has 2 nitrogen and oxygen atoms in total. The second-order valence-corrected chi connectivity index (χ2v) is 4.80. The number of hydrogen-bond donors (Lipinski definition) is 2. The van der Waals surface area contributed by atoms with E-state index in [1.54, 1.807) is 13.0 Å². The summed E-state index contributed by atoms with van der Waals surface area (Å²) in [5.74, 6) is 0. The van der Waals surface area contributed by atoms with Gasteiger partial charge in [0.2, 0.25) is 0 Å². The second-order valence-electron chi connectivity index (χ2n) is 4.80. The van der Waals surface area contributed by atoms with Crippen molar-refractivity contribution in [3.8, 4) is 0 Å². The van der Waals surface area contributed by atoms with Gasteiger partial charge in [-0.15, -0.1) is 0 Å². The van der Waals surface area contributed by atoms with Crippen LogP contribution in [0.15, 0.2) is 24.3 Å². The minimum absolute atomic E-state index is 0.108. The maximum Gasteiger partial charge on any atom is 0.416 e. The number of aliphatic hydroxyl groups is 1. The fraction of sp³-hybridized carbons (Fsp3) is 0.538. The summed E-state index contributed by atoms with van der Waals surface area (Å²) in [4.78, 5) is 0. The molecule has 0 saturated heterocycles. The second kappa shape index (κ2) is 4.90. The molecule has 0 spiro atoms. The molecular formula is C13H16F3NO. The molecule has 0 aromatic heterocycles. The van der Waals surface area contributed by atoms with Gasteiger partial charge in [0.25, 0.3) is 0 Å². The van der Waals surface area contributed by atoms with E-state index < -0.39 is 11.7 Å². The number of rotatable bonds is 3. The van der Waals surface area contributed by atoms with Crippen molar-refractivity contribution in [2.45, 2.75) is 44.1 Å². The Morgan fingerprint density at radius 2 is 1.89 bits per heavy atom. The molecule has 1 aliphatic carbocycles. The summed E-state index contributed by atoms with van der Waals surface area (Å²) in [6.07, 6.45) is -3.42. The Morgan fingerprint density at radius 1 is 1.28 bits per heavy atom. The first-order chi connectivity index (χ1) is 8.38. The van der Waals surface area contributed by atoms with Crippen LogP contribution in [0.2, 0.25) is 0 Å². The number of nitrogens with one attached hydrogen (secondary N) is 1. The highest BCUT2D eigenvalue weighted by Crippen LogP contribution is 2.35. The minimum atomic E-state index is -4.33. The van der Waals surface area contributed by atoms with E-state index in [0.717, 1.165) is 6.07 Å². The van der Waals surface area contributed by atoms with Gasteiger partial charge in [-0.3, -0.25) is 0 Å². The summed E-state index contributed by atoms with van der Waals surface area (Å²) in [7, 11) is 0. The Morgan fingerprint density at radius 3 is 2.44 bits per heavy atom. The van der Waals surface area contributed by atoms with Crippen molar-refractivity contribution in [3.05, 3.63) is 35.4 Å². The van der Waals surface area contributed by atoms with E-state index in [0.29, 0.717) is 12.8 Å². The Bertz CT molecular complexity index is 413. The van der Waals surface area contributed by atoms with Gasteiger partial charge in [0.1, 0.15) is 0 Å². The van der Waals surface area contributed by atoms with Crippen molar-refractivity contribution in [3.63, 3.8) is 0 Å². The lowest BCUT2D eigenvalue weighted by atomic mass is 9.88. The van der Waals surface area contributed by atoms with Crippen LogP contribution in [0, 0.1) is 0 Å². The first-order valence-corrected chi connectivity index (χ1v) is 5.98. The highest BCUT2D eigenvalue weighted by Gasteiger charge is 2.35. The molecule has 2 N–H and O–H groups in total. The molecule has 100 valence electrons. The summed E-state index contributed by atoms with van der Waals surface area (Å²) in [6.45, 7) is 1.72. The van der Waals surface area contributed by atoms with Crippen LogP contribution >= 0.6 is 0 Å². The van der Waals surface area contributed by atoms with Crippen molar-refractivity contribution in [1.82, 2.24) is 5.32 Å². The third-order valence-corrected chi connectivity index (χ3v) is 3.33. The van der Waals surface area contributed by atoms with E-state index in [9.17, 15) is 13.2 Å². The SMILES string of the molecule is CC(NC1CC(O)C1)c1ccccc1C(F)(F)F. The monoisotopic (exact) mass is 259 g/mol. The number of aliphatic hydroxyl groups excluding tert-OH is 1. The highest BCUT2D eigenvalue weighted by atomic mass is 19.4. The van der Waals surface area contributed by atoms with E-state index in [1.807, 2.05) is 0 Å². The molecule has 1 atom stereocenters. The summed E-state index contributed by atoms with van der Waals surface area (Å²) >= 11 is 0. The number of benzene rings is 1. The Kier molecular flexibility index (Phi) is 3.64. The predicted molar refractivity (Wildman–Crippen MR) is 62.0 cm³/mol. The van der Waals surface area contributed by atoms with Gasteiger partial charge >= 0.3 is 6.18 Å². The van der Waals surface area contributed by atoms with Crippen LogP contribution in [0.4, 0.5) is 13.2 Å². The third kappa shape index (κ3) is 2.84. The summed E-state index contributed by atoms with van der Waals surface area (Å²) in [6, 6.07) is 5.33. The Balaban J connectivity index is 2.12. The smallest absolute Gasteiger partial charge is 0.393 e. The summed E-state index contributed by atoms with van der Waals surface area (Å²) < 4.78 is 38.5. The predicted octanol–water partition coefficient (Wildman–Crippen LogP) is 2.88. The van der Waals surface area contributed by atoms with Gasteiger partial charge in [-0.1, -0.05) is 18.2 Å². The number of alkyl halides is 3.